The summed E-state index contributed by atoms with van der Waals surface area (Å²) in [4.78, 5) is 0. The van der Waals surface area contributed by atoms with E-state index in [-0.39, 0.29) is 24.9 Å². The fraction of sp³-hybridized carbons (Fsp3) is 0.657. The Kier molecular flexibility index (Phi) is 17.0. The van der Waals surface area contributed by atoms with Crippen molar-refractivity contribution in [1.29, 1.82) is 0 Å². The molecule has 2 unspecified atom stereocenters. The van der Waals surface area contributed by atoms with Crippen molar-refractivity contribution in [2.45, 2.75) is 138 Å². The summed E-state index contributed by atoms with van der Waals surface area (Å²) in [6, 6.07) is 13.1. The molecule has 2 aromatic rings. The predicted octanol–water partition coefficient (Wildman–Crippen LogP) is 6.43. The lowest BCUT2D eigenvalue weighted by molar-refractivity contribution is -0.949. The third-order valence-corrected chi connectivity index (χ3v) is 7.96. The number of rotatable bonds is 19. The molecule has 0 heterocycles. The summed E-state index contributed by atoms with van der Waals surface area (Å²) in [5.41, 5.74) is 7.52. The van der Waals surface area contributed by atoms with E-state index >= 15 is 0 Å². The molecule has 2 aromatic carbocycles. The Morgan fingerprint density at radius 1 is 0.692 bits per heavy atom. The Morgan fingerprint density at radius 3 is 1.77 bits per heavy atom. The number of aryl methyl sites for hydroxylation is 1. The zero-order valence-electron chi connectivity index (χ0n) is 26.5. The van der Waals surface area contributed by atoms with Crippen molar-refractivity contribution in [2.24, 2.45) is 0 Å². The summed E-state index contributed by atoms with van der Waals surface area (Å²) in [5.74, 6) is 1.07. The maximum atomic E-state index is 6.73. The quantitative estimate of drug-likeness (QED) is 0.146. The van der Waals surface area contributed by atoms with Crippen molar-refractivity contribution in [3.8, 4) is 5.75 Å². The standard InChI is InChI=1S/C35H58NO2.ClH/c1-9-13-22-31-26-35(34(25-16-12-4)33(24-15-11-3)32(31)23-14-10-2)38-29(6)37-28(5)36(7,8)27-30-20-18-17-19-21-30;/h17-21,26,28-29H,9-16,22-25,27H2,1-8H3;1H/q+1;/p-1. The molecule has 0 radical (unpaired) electrons. The molecule has 222 valence electrons. The second-order valence-electron chi connectivity index (χ2n) is 11.7. The Labute approximate surface area is 247 Å². The van der Waals surface area contributed by atoms with E-state index in [2.05, 4.69) is 92.0 Å². The molecule has 0 aromatic heterocycles. The highest BCUT2D eigenvalue weighted by molar-refractivity contribution is 5.50. The van der Waals surface area contributed by atoms with Crippen molar-refractivity contribution in [2.75, 3.05) is 14.1 Å². The second kappa shape index (κ2) is 18.7. The van der Waals surface area contributed by atoms with E-state index in [9.17, 15) is 0 Å². The van der Waals surface area contributed by atoms with Gasteiger partial charge in [-0.1, -0.05) is 83.7 Å². The largest absolute Gasteiger partial charge is 1.00 e. The third-order valence-electron chi connectivity index (χ3n) is 7.96. The lowest BCUT2D eigenvalue weighted by Gasteiger charge is -2.37. The molecule has 0 aliphatic carbocycles. The zero-order valence-corrected chi connectivity index (χ0v) is 27.2. The normalized spacial score (nSPS) is 13.1. The maximum Gasteiger partial charge on any atom is 0.202 e. The molecule has 0 bridgehead atoms. The van der Waals surface area contributed by atoms with Crippen LogP contribution in [0.15, 0.2) is 36.4 Å². The number of nitrogens with zero attached hydrogens (tertiary/aromatic N) is 1. The van der Waals surface area contributed by atoms with Gasteiger partial charge in [0.05, 0.1) is 14.1 Å². The minimum atomic E-state index is -0.307. The first kappa shape index (κ1) is 35.5. The van der Waals surface area contributed by atoms with Crippen molar-refractivity contribution in [3.63, 3.8) is 0 Å². The van der Waals surface area contributed by atoms with Gasteiger partial charge in [-0.05, 0) is 86.6 Å². The van der Waals surface area contributed by atoms with E-state index in [0.29, 0.717) is 0 Å². The Morgan fingerprint density at radius 2 is 1.21 bits per heavy atom. The molecule has 0 amide bonds. The molecule has 2 rings (SSSR count). The minimum absolute atomic E-state index is 0. The van der Waals surface area contributed by atoms with Crippen LogP contribution in [0.3, 0.4) is 0 Å². The highest BCUT2D eigenvalue weighted by Gasteiger charge is 2.28. The number of unbranched alkanes of at least 4 members (excludes halogenated alkanes) is 4. The number of halogens is 1. The first-order valence-electron chi connectivity index (χ1n) is 15.6. The fourth-order valence-corrected chi connectivity index (χ4v) is 5.33. The van der Waals surface area contributed by atoms with Crippen molar-refractivity contribution >= 4 is 0 Å². The van der Waals surface area contributed by atoms with E-state index in [0.717, 1.165) is 36.0 Å². The van der Waals surface area contributed by atoms with Gasteiger partial charge < -0.3 is 17.1 Å². The van der Waals surface area contributed by atoms with Crippen LogP contribution in [0, 0.1) is 0 Å². The Balaban J connectivity index is 0.00000760. The summed E-state index contributed by atoms with van der Waals surface area (Å²) in [5, 5.41) is 0. The van der Waals surface area contributed by atoms with Crippen molar-refractivity contribution in [1.82, 2.24) is 0 Å². The molecule has 0 aliphatic rings. The summed E-state index contributed by atoms with van der Waals surface area (Å²) in [7, 11) is 4.48. The van der Waals surface area contributed by atoms with Gasteiger partial charge in [0.15, 0.2) is 6.23 Å². The van der Waals surface area contributed by atoms with Gasteiger partial charge in [0.2, 0.25) is 6.29 Å². The van der Waals surface area contributed by atoms with Gasteiger partial charge in [-0.2, -0.15) is 0 Å². The van der Waals surface area contributed by atoms with E-state index in [1.54, 1.807) is 11.1 Å². The van der Waals surface area contributed by atoms with Gasteiger partial charge in [0, 0.05) is 12.5 Å². The molecular weight excluding hydrogens is 502 g/mol. The molecule has 0 saturated carbocycles. The van der Waals surface area contributed by atoms with Gasteiger partial charge in [-0.3, -0.25) is 9.22 Å². The molecule has 0 aliphatic heterocycles. The first-order valence-corrected chi connectivity index (χ1v) is 15.6. The SMILES string of the molecule is CCCCc1cc(OC(C)OC(C)[N+](C)(C)Cc2ccccc2)c(CCCC)c(CCCC)c1CCCC.[Cl-]. The van der Waals surface area contributed by atoms with Crippen LogP contribution < -0.4 is 17.1 Å². The van der Waals surface area contributed by atoms with E-state index in [4.69, 9.17) is 9.47 Å². The molecule has 39 heavy (non-hydrogen) atoms. The van der Waals surface area contributed by atoms with Gasteiger partial charge in [-0.25, -0.2) is 0 Å². The predicted molar refractivity (Wildman–Crippen MR) is 164 cm³/mol. The third kappa shape index (κ3) is 11.5. The highest BCUT2D eigenvalue weighted by atomic mass is 35.5. The smallest absolute Gasteiger partial charge is 0.202 e. The van der Waals surface area contributed by atoms with Crippen LogP contribution in [0.1, 0.15) is 121 Å². The van der Waals surface area contributed by atoms with Crippen LogP contribution in [-0.4, -0.2) is 31.1 Å². The number of ether oxygens (including phenoxy) is 2. The molecule has 3 nitrogen and oxygen atoms in total. The summed E-state index contributed by atoms with van der Waals surface area (Å²) in [6.07, 6.45) is 14.1. The molecule has 4 heteroatoms. The number of hydrogen-bond acceptors (Lipinski definition) is 2. The molecule has 2 atom stereocenters. The van der Waals surface area contributed by atoms with Crippen LogP contribution in [-0.2, 0) is 37.0 Å². The molecule has 0 N–H and O–H groups in total. The second-order valence-corrected chi connectivity index (χ2v) is 11.7. The summed E-state index contributed by atoms with van der Waals surface area (Å²) in [6.45, 7) is 14.4. The van der Waals surface area contributed by atoms with Crippen molar-refractivity contribution < 1.29 is 26.4 Å². The highest BCUT2D eigenvalue weighted by Crippen LogP contribution is 2.35. The lowest BCUT2D eigenvalue weighted by Crippen LogP contribution is -3.00. The number of quaternary nitrogens is 1. The maximum absolute atomic E-state index is 6.73. The van der Waals surface area contributed by atoms with Crippen LogP contribution in [0.5, 0.6) is 5.75 Å². The molecule has 0 saturated heterocycles. The van der Waals surface area contributed by atoms with E-state index in [1.807, 2.05) is 0 Å². The Hall–Kier alpha value is -1.55. The lowest BCUT2D eigenvalue weighted by atomic mass is 9.85. The average molecular weight is 560 g/mol. The van der Waals surface area contributed by atoms with Crippen LogP contribution in [0.25, 0.3) is 0 Å². The monoisotopic (exact) mass is 559 g/mol. The molecular formula is C35H58ClNO2. The molecule has 0 fully saturated rings. The topological polar surface area (TPSA) is 18.5 Å². The Bertz CT molecular complexity index is 928. The average Bonchev–Trinajstić information content (AvgIpc) is 2.89. The van der Waals surface area contributed by atoms with Gasteiger partial charge in [-0.15, -0.1) is 0 Å². The van der Waals surface area contributed by atoms with Crippen molar-refractivity contribution in [3.05, 3.63) is 64.2 Å². The van der Waals surface area contributed by atoms with Crippen LogP contribution in [0.2, 0.25) is 0 Å². The van der Waals surface area contributed by atoms with Crippen LogP contribution >= 0.6 is 0 Å². The van der Waals surface area contributed by atoms with E-state index in [1.165, 1.54) is 74.5 Å². The van der Waals surface area contributed by atoms with Crippen LogP contribution in [0.4, 0.5) is 0 Å². The van der Waals surface area contributed by atoms with Gasteiger partial charge in [0.25, 0.3) is 0 Å². The zero-order chi connectivity index (χ0) is 28.0. The van der Waals surface area contributed by atoms with Gasteiger partial charge in [0.1, 0.15) is 12.3 Å². The van der Waals surface area contributed by atoms with E-state index < -0.39 is 0 Å². The number of hydrogen-bond donors (Lipinski definition) is 0. The minimum Gasteiger partial charge on any atom is -1.00 e. The fourth-order valence-electron chi connectivity index (χ4n) is 5.33. The number of benzene rings is 2. The summed E-state index contributed by atoms with van der Waals surface area (Å²) >= 11 is 0. The molecule has 0 spiro atoms. The first-order chi connectivity index (χ1) is 18.3. The summed E-state index contributed by atoms with van der Waals surface area (Å²) < 4.78 is 14.0. The van der Waals surface area contributed by atoms with Gasteiger partial charge >= 0.3 is 0 Å².